The largest absolute Gasteiger partial charge is 0.340 e. The molecule has 0 radical (unpaired) electrons. The van der Waals surface area contributed by atoms with Crippen LogP contribution in [0.25, 0.3) is 10.6 Å². The second-order valence-corrected chi connectivity index (χ2v) is 5.72. The molecule has 98 valence electrons. The van der Waals surface area contributed by atoms with Crippen molar-refractivity contribution >= 4 is 11.3 Å². The maximum Gasteiger partial charge on any atom is 0.120 e. The average molecular weight is 263 g/mol. The summed E-state index contributed by atoms with van der Waals surface area (Å²) in [5, 5.41) is 3.44. The average Bonchev–Trinajstić information content (AvgIpc) is 3.03. The second kappa shape index (κ2) is 6.16. The topological polar surface area (TPSA) is 40.7 Å². The predicted molar refractivity (Wildman–Crippen MR) is 77.9 cm³/mol. The van der Waals surface area contributed by atoms with Gasteiger partial charge in [-0.05, 0) is 31.9 Å². The molecule has 0 saturated carbocycles. The smallest absolute Gasteiger partial charge is 0.120 e. The molecule has 0 aromatic carbocycles. The van der Waals surface area contributed by atoms with Crippen LogP contribution in [0.4, 0.5) is 0 Å². The van der Waals surface area contributed by atoms with E-state index in [-0.39, 0.29) is 0 Å². The highest BCUT2D eigenvalue weighted by molar-refractivity contribution is 7.15. The molecular formula is C14H21N3S. The van der Waals surface area contributed by atoms with E-state index in [1.807, 2.05) is 17.5 Å². The third-order valence-electron chi connectivity index (χ3n) is 3.13. The number of hydrogen-bond acceptors (Lipinski definition) is 3. The molecule has 0 aliphatic carbocycles. The molecule has 1 unspecified atom stereocenters. The number of imidazole rings is 1. The first-order chi connectivity index (χ1) is 8.72. The first-order valence-corrected chi connectivity index (χ1v) is 7.41. The summed E-state index contributed by atoms with van der Waals surface area (Å²) in [5.41, 5.74) is 1.13. The zero-order valence-corrected chi connectivity index (χ0v) is 12.1. The minimum Gasteiger partial charge on any atom is -0.340 e. The Balaban J connectivity index is 2.01. The Morgan fingerprint density at radius 1 is 1.39 bits per heavy atom. The van der Waals surface area contributed by atoms with Gasteiger partial charge in [0, 0.05) is 10.9 Å². The first-order valence-electron chi connectivity index (χ1n) is 6.59. The van der Waals surface area contributed by atoms with E-state index in [4.69, 9.17) is 0 Å². The molecule has 0 aliphatic rings. The van der Waals surface area contributed by atoms with E-state index >= 15 is 0 Å². The van der Waals surface area contributed by atoms with Gasteiger partial charge < -0.3 is 10.3 Å². The lowest BCUT2D eigenvalue weighted by atomic mass is 10.2. The summed E-state index contributed by atoms with van der Waals surface area (Å²) in [4.78, 5) is 10.5. The van der Waals surface area contributed by atoms with Crippen LogP contribution in [-0.4, -0.2) is 16.0 Å². The monoisotopic (exact) mass is 263 g/mol. The van der Waals surface area contributed by atoms with Crippen LogP contribution < -0.4 is 5.32 Å². The summed E-state index contributed by atoms with van der Waals surface area (Å²) >= 11 is 1.84. The van der Waals surface area contributed by atoms with Gasteiger partial charge in [-0.3, -0.25) is 0 Å². The van der Waals surface area contributed by atoms with E-state index in [1.165, 1.54) is 9.75 Å². The molecule has 4 heteroatoms. The standard InChI is InChI=1S/C14H21N3S/c1-4-10(3)15-9-14-16-8-12(17-14)13-7-6-11(5-2)18-13/h6-8,10,15H,4-5,9H2,1-3H3,(H,16,17). The summed E-state index contributed by atoms with van der Waals surface area (Å²) in [5.74, 6) is 1.01. The van der Waals surface area contributed by atoms with E-state index in [0.29, 0.717) is 6.04 Å². The molecule has 3 nitrogen and oxygen atoms in total. The normalized spacial score (nSPS) is 12.8. The number of aromatic amines is 1. The van der Waals surface area contributed by atoms with E-state index in [0.717, 1.165) is 30.9 Å². The molecule has 0 aliphatic heterocycles. The molecule has 1 atom stereocenters. The third kappa shape index (κ3) is 3.21. The van der Waals surface area contributed by atoms with Crippen molar-refractivity contribution in [3.8, 4) is 10.6 Å². The Morgan fingerprint density at radius 3 is 2.89 bits per heavy atom. The van der Waals surface area contributed by atoms with Gasteiger partial charge in [-0.1, -0.05) is 13.8 Å². The lowest BCUT2D eigenvalue weighted by molar-refractivity contribution is 0.525. The van der Waals surface area contributed by atoms with Gasteiger partial charge >= 0.3 is 0 Å². The molecule has 2 rings (SSSR count). The lowest BCUT2D eigenvalue weighted by Crippen LogP contribution is -2.24. The van der Waals surface area contributed by atoms with Crippen LogP contribution >= 0.6 is 11.3 Å². The van der Waals surface area contributed by atoms with Crippen LogP contribution in [0.5, 0.6) is 0 Å². The van der Waals surface area contributed by atoms with E-state index < -0.39 is 0 Å². The minimum atomic E-state index is 0.534. The Morgan fingerprint density at radius 2 is 2.22 bits per heavy atom. The Kier molecular flexibility index (Phi) is 4.55. The summed E-state index contributed by atoms with van der Waals surface area (Å²) in [6.07, 6.45) is 4.17. The zero-order valence-electron chi connectivity index (χ0n) is 11.3. The number of H-pyrrole nitrogens is 1. The molecule has 2 N–H and O–H groups in total. The van der Waals surface area contributed by atoms with Gasteiger partial charge in [0.15, 0.2) is 0 Å². The van der Waals surface area contributed by atoms with Crippen LogP contribution in [0.15, 0.2) is 18.3 Å². The van der Waals surface area contributed by atoms with Crippen LogP contribution in [0, 0.1) is 0 Å². The van der Waals surface area contributed by atoms with Crippen molar-refractivity contribution in [2.24, 2.45) is 0 Å². The fraction of sp³-hybridized carbons (Fsp3) is 0.500. The highest BCUT2D eigenvalue weighted by atomic mass is 32.1. The summed E-state index contributed by atoms with van der Waals surface area (Å²) in [6.45, 7) is 7.37. The quantitative estimate of drug-likeness (QED) is 0.836. The number of hydrogen-bond donors (Lipinski definition) is 2. The van der Waals surface area contributed by atoms with Crippen molar-refractivity contribution < 1.29 is 0 Å². The Bertz CT molecular complexity index is 487. The van der Waals surface area contributed by atoms with Crippen molar-refractivity contribution in [3.05, 3.63) is 29.0 Å². The Hall–Kier alpha value is -1.13. The minimum absolute atomic E-state index is 0.534. The zero-order chi connectivity index (χ0) is 13.0. The molecule has 0 saturated heterocycles. The molecule has 0 fully saturated rings. The highest BCUT2D eigenvalue weighted by Crippen LogP contribution is 2.26. The molecule has 2 heterocycles. The fourth-order valence-electron chi connectivity index (χ4n) is 1.71. The Labute approximate surface area is 113 Å². The van der Waals surface area contributed by atoms with Gasteiger partial charge in [-0.2, -0.15) is 0 Å². The maximum absolute atomic E-state index is 4.42. The van der Waals surface area contributed by atoms with Crippen LogP contribution in [0.2, 0.25) is 0 Å². The molecule has 0 bridgehead atoms. The van der Waals surface area contributed by atoms with Crippen molar-refractivity contribution in [1.29, 1.82) is 0 Å². The van der Waals surface area contributed by atoms with Crippen LogP contribution in [0.3, 0.4) is 0 Å². The molecular weight excluding hydrogens is 242 g/mol. The summed E-state index contributed by atoms with van der Waals surface area (Å²) in [6, 6.07) is 4.90. The van der Waals surface area contributed by atoms with E-state index in [2.05, 4.69) is 48.2 Å². The fourth-order valence-corrected chi connectivity index (χ4v) is 2.62. The van der Waals surface area contributed by atoms with Gasteiger partial charge in [0.25, 0.3) is 0 Å². The molecule has 18 heavy (non-hydrogen) atoms. The second-order valence-electron chi connectivity index (χ2n) is 4.55. The number of thiophene rings is 1. The number of nitrogens with one attached hydrogen (secondary N) is 2. The first kappa shape index (κ1) is 13.3. The van der Waals surface area contributed by atoms with Gasteiger partial charge in [0.05, 0.1) is 23.3 Å². The number of aryl methyl sites for hydroxylation is 1. The number of rotatable bonds is 6. The molecule has 2 aromatic rings. The van der Waals surface area contributed by atoms with Crippen LogP contribution in [0.1, 0.15) is 37.9 Å². The van der Waals surface area contributed by atoms with E-state index in [1.54, 1.807) is 0 Å². The highest BCUT2D eigenvalue weighted by Gasteiger charge is 2.06. The summed E-state index contributed by atoms with van der Waals surface area (Å²) < 4.78 is 0. The van der Waals surface area contributed by atoms with Crippen molar-refractivity contribution in [2.75, 3.05) is 0 Å². The molecule has 0 amide bonds. The number of nitrogens with zero attached hydrogens (tertiary/aromatic N) is 1. The molecule has 0 spiro atoms. The van der Waals surface area contributed by atoms with Crippen molar-refractivity contribution in [2.45, 2.75) is 46.2 Å². The van der Waals surface area contributed by atoms with Gasteiger partial charge in [0.1, 0.15) is 5.82 Å². The van der Waals surface area contributed by atoms with Crippen LogP contribution in [-0.2, 0) is 13.0 Å². The maximum atomic E-state index is 4.42. The lowest BCUT2D eigenvalue weighted by Gasteiger charge is -2.08. The SMILES string of the molecule is CCc1ccc(-c2cnc(CNC(C)CC)[nH]2)s1. The third-order valence-corrected chi connectivity index (χ3v) is 4.40. The summed E-state index contributed by atoms with van der Waals surface area (Å²) in [7, 11) is 0. The van der Waals surface area contributed by atoms with E-state index in [9.17, 15) is 0 Å². The molecule has 2 aromatic heterocycles. The van der Waals surface area contributed by atoms with Gasteiger partial charge in [-0.15, -0.1) is 11.3 Å². The number of aromatic nitrogens is 2. The van der Waals surface area contributed by atoms with Crippen molar-refractivity contribution in [1.82, 2.24) is 15.3 Å². The van der Waals surface area contributed by atoms with Gasteiger partial charge in [-0.25, -0.2) is 4.98 Å². The van der Waals surface area contributed by atoms with Gasteiger partial charge in [0.2, 0.25) is 0 Å². The van der Waals surface area contributed by atoms with Crippen molar-refractivity contribution in [3.63, 3.8) is 0 Å². The predicted octanol–water partition coefficient (Wildman–Crippen LogP) is 3.59.